The van der Waals surface area contributed by atoms with Crippen molar-refractivity contribution in [1.29, 1.82) is 5.26 Å². The zero-order chi connectivity index (χ0) is 24.3. The number of benzene rings is 2. The molecule has 9 nitrogen and oxygen atoms in total. The van der Waals surface area contributed by atoms with Gasteiger partial charge in [-0.3, -0.25) is 9.59 Å². The lowest BCUT2D eigenvalue weighted by Crippen LogP contribution is -2.54. The number of alkyl carbamates (subject to hydrolysis) is 1. The lowest BCUT2D eigenvalue weighted by Gasteiger charge is -2.35. The zero-order valence-electron chi connectivity index (χ0n) is 18.4. The van der Waals surface area contributed by atoms with Gasteiger partial charge in [0.15, 0.2) is 5.60 Å². The monoisotopic (exact) mass is 463 g/mol. The molecule has 2 aliphatic rings. The molecule has 176 valence electrons. The lowest BCUT2D eigenvalue weighted by molar-refractivity contribution is -0.143. The molecule has 2 amide bonds. The van der Waals surface area contributed by atoms with Crippen molar-refractivity contribution in [2.24, 2.45) is 0 Å². The number of ether oxygens (including phenoxy) is 1. The molecule has 0 aromatic heterocycles. The van der Waals surface area contributed by atoms with Gasteiger partial charge >= 0.3 is 12.1 Å². The molecule has 1 unspecified atom stereocenters. The normalized spacial score (nSPS) is 17.1. The van der Waals surface area contributed by atoms with E-state index in [1.165, 1.54) is 4.90 Å². The fourth-order valence-corrected chi connectivity index (χ4v) is 4.59. The van der Waals surface area contributed by atoms with Gasteiger partial charge in [-0.05, 0) is 22.3 Å². The first-order valence-corrected chi connectivity index (χ1v) is 11.1. The van der Waals surface area contributed by atoms with Crippen LogP contribution in [0.4, 0.5) is 4.79 Å². The molecule has 1 fully saturated rings. The molecule has 4 rings (SSSR count). The molecular formula is C25H25N3O6. The average molecular weight is 463 g/mol. The minimum Gasteiger partial charge on any atom is -0.481 e. The first kappa shape index (κ1) is 23.3. The number of nitrogens with zero attached hydrogens (tertiary/aromatic N) is 2. The van der Waals surface area contributed by atoms with Crippen LogP contribution in [0.2, 0.25) is 0 Å². The van der Waals surface area contributed by atoms with Gasteiger partial charge in [0.2, 0.25) is 5.91 Å². The van der Waals surface area contributed by atoms with Crippen molar-refractivity contribution in [1.82, 2.24) is 10.2 Å². The Balaban J connectivity index is 1.41. The van der Waals surface area contributed by atoms with E-state index in [2.05, 4.69) is 5.32 Å². The average Bonchev–Trinajstić information content (AvgIpc) is 3.16. The molecule has 3 N–H and O–H groups in total. The number of fused-ring (bicyclic) bond motifs is 3. The van der Waals surface area contributed by atoms with Crippen LogP contribution in [-0.4, -0.2) is 64.4 Å². The van der Waals surface area contributed by atoms with E-state index in [1.54, 1.807) is 0 Å². The van der Waals surface area contributed by atoms with Gasteiger partial charge in [0.05, 0.1) is 12.5 Å². The topological polar surface area (TPSA) is 140 Å². The minimum absolute atomic E-state index is 0.0345. The Morgan fingerprint density at radius 1 is 1.09 bits per heavy atom. The van der Waals surface area contributed by atoms with Crippen LogP contribution in [0.3, 0.4) is 0 Å². The van der Waals surface area contributed by atoms with E-state index in [0.29, 0.717) is 0 Å². The Morgan fingerprint density at radius 2 is 1.65 bits per heavy atom. The van der Waals surface area contributed by atoms with Crippen molar-refractivity contribution in [3.8, 4) is 17.2 Å². The van der Waals surface area contributed by atoms with E-state index < -0.39 is 36.0 Å². The van der Waals surface area contributed by atoms with E-state index in [0.717, 1.165) is 22.3 Å². The SMILES string of the molecule is N#CC1(O)CCN(C(=O)C(CC(=O)O)NC(=O)OCC2c3ccccc3-c3ccccc32)CC1. The summed E-state index contributed by atoms with van der Waals surface area (Å²) in [4.78, 5) is 38.1. The van der Waals surface area contributed by atoms with Gasteiger partial charge in [-0.1, -0.05) is 48.5 Å². The number of likely N-dealkylation sites (tertiary alicyclic amines) is 1. The van der Waals surface area contributed by atoms with Gasteiger partial charge in [-0.25, -0.2) is 4.79 Å². The van der Waals surface area contributed by atoms with Crippen molar-refractivity contribution in [2.45, 2.75) is 36.8 Å². The molecule has 1 aliphatic heterocycles. The number of carboxylic acid groups (broad SMARTS) is 1. The molecule has 1 heterocycles. The van der Waals surface area contributed by atoms with Gasteiger partial charge in [-0.15, -0.1) is 0 Å². The highest BCUT2D eigenvalue weighted by Gasteiger charge is 2.37. The molecule has 0 spiro atoms. The van der Waals surface area contributed by atoms with Crippen LogP contribution in [0, 0.1) is 11.3 Å². The van der Waals surface area contributed by atoms with Crippen LogP contribution in [0.25, 0.3) is 11.1 Å². The number of carbonyl (C=O) groups is 3. The number of hydrogen-bond acceptors (Lipinski definition) is 6. The zero-order valence-corrected chi connectivity index (χ0v) is 18.4. The van der Waals surface area contributed by atoms with Crippen LogP contribution in [0.5, 0.6) is 0 Å². The number of aliphatic carboxylic acids is 1. The van der Waals surface area contributed by atoms with Crippen LogP contribution in [0.15, 0.2) is 48.5 Å². The van der Waals surface area contributed by atoms with Crippen molar-refractivity contribution >= 4 is 18.0 Å². The molecule has 2 aromatic rings. The number of hydrogen-bond donors (Lipinski definition) is 3. The Labute approximate surface area is 196 Å². The molecule has 0 saturated carbocycles. The number of amides is 2. The van der Waals surface area contributed by atoms with Gasteiger partial charge < -0.3 is 25.2 Å². The molecule has 2 aromatic carbocycles. The number of carboxylic acids is 1. The van der Waals surface area contributed by atoms with E-state index >= 15 is 0 Å². The van der Waals surface area contributed by atoms with E-state index in [-0.39, 0.29) is 38.5 Å². The molecule has 9 heteroatoms. The second kappa shape index (κ2) is 9.53. The van der Waals surface area contributed by atoms with Gasteiger partial charge in [0.1, 0.15) is 12.6 Å². The summed E-state index contributed by atoms with van der Waals surface area (Å²) >= 11 is 0. The summed E-state index contributed by atoms with van der Waals surface area (Å²) in [6, 6.07) is 16.2. The van der Waals surface area contributed by atoms with E-state index in [4.69, 9.17) is 10.00 Å². The summed E-state index contributed by atoms with van der Waals surface area (Å²) in [5.74, 6) is -2.00. The fraction of sp³-hybridized carbons (Fsp3) is 0.360. The van der Waals surface area contributed by atoms with E-state index in [9.17, 15) is 24.6 Å². The summed E-state index contributed by atoms with van der Waals surface area (Å²) < 4.78 is 5.44. The largest absolute Gasteiger partial charge is 0.481 e. The maximum absolute atomic E-state index is 12.9. The number of piperidine rings is 1. The third-order valence-corrected chi connectivity index (χ3v) is 6.42. The Kier molecular flexibility index (Phi) is 6.52. The highest BCUT2D eigenvalue weighted by molar-refractivity contribution is 5.89. The number of rotatable bonds is 6. The smallest absolute Gasteiger partial charge is 0.407 e. The van der Waals surface area contributed by atoms with Crippen LogP contribution >= 0.6 is 0 Å². The molecule has 0 radical (unpaired) electrons. The first-order valence-electron chi connectivity index (χ1n) is 11.1. The second-order valence-electron chi connectivity index (χ2n) is 8.59. The van der Waals surface area contributed by atoms with Gasteiger partial charge in [-0.2, -0.15) is 5.26 Å². The summed E-state index contributed by atoms with van der Waals surface area (Å²) in [5.41, 5.74) is 2.72. The molecule has 1 aliphatic carbocycles. The van der Waals surface area contributed by atoms with Crippen LogP contribution in [0.1, 0.15) is 36.3 Å². The summed E-state index contributed by atoms with van der Waals surface area (Å²) in [6.45, 7) is 0.212. The summed E-state index contributed by atoms with van der Waals surface area (Å²) in [6.07, 6.45) is -1.38. The first-order chi connectivity index (χ1) is 16.3. The molecule has 34 heavy (non-hydrogen) atoms. The van der Waals surface area contributed by atoms with Crippen molar-refractivity contribution < 1.29 is 29.3 Å². The quantitative estimate of drug-likeness (QED) is 0.558. The fourth-order valence-electron chi connectivity index (χ4n) is 4.59. The van der Waals surface area contributed by atoms with Crippen LogP contribution in [-0.2, 0) is 14.3 Å². The summed E-state index contributed by atoms with van der Waals surface area (Å²) in [7, 11) is 0. The molecule has 0 bridgehead atoms. The third-order valence-electron chi connectivity index (χ3n) is 6.42. The van der Waals surface area contributed by atoms with Gasteiger partial charge in [0.25, 0.3) is 0 Å². The highest BCUT2D eigenvalue weighted by atomic mass is 16.5. The number of nitrogens with one attached hydrogen (secondary N) is 1. The second-order valence-corrected chi connectivity index (χ2v) is 8.59. The molecule has 1 saturated heterocycles. The number of aliphatic hydroxyl groups is 1. The standard InChI is InChI=1S/C25H25N3O6/c26-15-25(33)9-11-28(12-10-25)23(31)21(13-22(29)30)27-24(32)34-14-20-18-7-3-1-5-16(18)17-6-2-4-8-19(17)20/h1-8,20-21,33H,9-14H2,(H,27,32)(H,29,30). The number of carbonyl (C=O) groups excluding carboxylic acids is 2. The molecule has 1 atom stereocenters. The Morgan fingerprint density at radius 3 is 2.18 bits per heavy atom. The predicted molar refractivity (Wildman–Crippen MR) is 121 cm³/mol. The third kappa shape index (κ3) is 4.72. The molecular weight excluding hydrogens is 438 g/mol. The summed E-state index contributed by atoms with van der Waals surface area (Å²) in [5, 5.41) is 30.7. The van der Waals surface area contributed by atoms with Crippen molar-refractivity contribution in [3.05, 3.63) is 59.7 Å². The van der Waals surface area contributed by atoms with Crippen molar-refractivity contribution in [3.63, 3.8) is 0 Å². The minimum atomic E-state index is -1.50. The predicted octanol–water partition coefficient (Wildman–Crippen LogP) is 2.25. The van der Waals surface area contributed by atoms with Crippen molar-refractivity contribution in [2.75, 3.05) is 19.7 Å². The van der Waals surface area contributed by atoms with E-state index in [1.807, 2.05) is 54.6 Å². The highest BCUT2D eigenvalue weighted by Crippen LogP contribution is 2.44. The van der Waals surface area contributed by atoms with Crippen LogP contribution < -0.4 is 5.32 Å². The Bertz CT molecular complexity index is 1100. The Hall–Kier alpha value is -3.90. The maximum atomic E-state index is 12.9. The maximum Gasteiger partial charge on any atom is 0.407 e. The lowest BCUT2D eigenvalue weighted by atomic mass is 9.92. The van der Waals surface area contributed by atoms with Gasteiger partial charge in [0, 0.05) is 31.8 Å². The number of nitriles is 1.